The molecule has 2 rings (SSSR count). The van der Waals surface area contributed by atoms with Crippen molar-refractivity contribution in [2.75, 3.05) is 84.7 Å². The number of Topliss-reactive ketones (excluding diaryl/α,β-unsaturated/α-hetero) is 1. The van der Waals surface area contributed by atoms with Gasteiger partial charge in [0.15, 0.2) is 5.78 Å². The van der Waals surface area contributed by atoms with Gasteiger partial charge in [-0.15, -0.1) is 0 Å². The highest BCUT2D eigenvalue weighted by molar-refractivity contribution is 5.97. The van der Waals surface area contributed by atoms with Crippen molar-refractivity contribution in [1.82, 2.24) is 30.2 Å². The second-order valence-corrected chi connectivity index (χ2v) is 24.4. The molecule has 0 bridgehead atoms. The number of ketones is 1. The zero-order valence-corrected chi connectivity index (χ0v) is 53.6. The Labute approximate surface area is 508 Å². The van der Waals surface area contributed by atoms with Gasteiger partial charge in [-0.05, 0) is 135 Å². The van der Waals surface area contributed by atoms with Crippen molar-refractivity contribution in [3.63, 3.8) is 0 Å². The van der Waals surface area contributed by atoms with E-state index in [-0.39, 0.29) is 80.0 Å². The van der Waals surface area contributed by atoms with Crippen LogP contribution < -0.4 is 38.1 Å². The number of hydrogen-bond acceptors (Lipinski definition) is 16. The van der Waals surface area contributed by atoms with Gasteiger partial charge in [0.2, 0.25) is 11.8 Å². The summed E-state index contributed by atoms with van der Waals surface area (Å²) >= 11 is 0. The third-order valence-electron chi connectivity index (χ3n) is 14.3. The van der Waals surface area contributed by atoms with Crippen LogP contribution in [-0.4, -0.2) is 171 Å². The summed E-state index contributed by atoms with van der Waals surface area (Å²) in [6.07, 6.45) is 0.777. The summed E-state index contributed by atoms with van der Waals surface area (Å²) in [5, 5.41) is 8.23. The Kier molecular flexibility index (Phi) is 36.2. The minimum Gasteiger partial charge on any atom is -0.445 e. The Hall–Kier alpha value is -6.56. The van der Waals surface area contributed by atoms with Gasteiger partial charge in [-0.1, -0.05) is 79.7 Å². The van der Waals surface area contributed by atoms with Gasteiger partial charge in [0.1, 0.15) is 19.3 Å². The molecule has 0 saturated heterocycles. The number of urea groups is 1. The minimum atomic E-state index is -1.06. The molecule has 2 aromatic rings. The largest absolute Gasteiger partial charge is 0.445 e. The number of nitrogens with one attached hydrogen (secondary N) is 3. The fraction of sp³-hybridized carbons (Fsp3) is 0.677. The number of nitrogens with zero attached hydrogens (tertiary/aromatic N) is 5. The van der Waals surface area contributed by atoms with Gasteiger partial charge in [0.25, 0.3) is 6.29 Å². The number of ether oxygens (including phenoxy) is 4. The number of unbranched alkanes of at least 4 members (excludes halogenated alkanes) is 2. The molecular formula is C62H109N11O12. The van der Waals surface area contributed by atoms with E-state index in [4.69, 9.17) is 36.1 Å². The lowest BCUT2D eigenvalue weighted by molar-refractivity contribution is -0.177. The van der Waals surface area contributed by atoms with Crippen LogP contribution in [-0.2, 0) is 51.3 Å². The minimum absolute atomic E-state index is 0. The normalized spacial score (nSPS) is 12.8. The van der Waals surface area contributed by atoms with Gasteiger partial charge < -0.3 is 61.9 Å². The van der Waals surface area contributed by atoms with E-state index in [1.54, 1.807) is 88.4 Å². The monoisotopic (exact) mass is 1200 g/mol. The Balaban J connectivity index is 0.00000169. The van der Waals surface area contributed by atoms with E-state index in [1.807, 2.05) is 41.8 Å². The molecule has 0 aliphatic carbocycles. The van der Waals surface area contributed by atoms with E-state index < -0.39 is 54.6 Å². The number of anilines is 2. The molecule has 23 nitrogen and oxygen atoms in total. The summed E-state index contributed by atoms with van der Waals surface area (Å²) in [6.45, 7) is 27.1. The number of amides is 7. The molecule has 7 amide bonds. The number of nitrogens with two attached hydrogens (primary N) is 3. The lowest BCUT2D eigenvalue weighted by Gasteiger charge is -2.33. The van der Waals surface area contributed by atoms with Gasteiger partial charge in [0.05, 0.1) is 6.04 Å². The standard InChI is InChI=1S/C34H59N7O6.C27H46N4O6.CH4/c1-24(2)30(39-29(43)13-9-8-10-18-35)28(42)22-26(12-11-19-37-32(36)45)31(44)38-27-16-14-25(15-17-27)23-47-33(46)40(6)20-21-41(7)34(3,4)5;1-18(2)22(28)23(32)36-24(19(3)4)37-26(34)31(10)21-13-11-20(12-14-21)17-35-25(33)29(8)15-16-30(9)27(5,6)7;/h14-17,24,26,30H,8-13,18-23,35H2,1-7H3,(H,38,44)(H,39,43)(H3,36,37,45);11-14,18-19,22,24H,15-17,28H2,1-10H3;1H4/t26-,30+;22-,24?;/m10./s1. The molecule has 4 atom stereocenters. The lowest BCUT2D eigenvalue weighted by Crippen LogP contribution is -2.45. The van der Waals surface area contributed by atoms with Crippen molar-refractivity contribution in [2.45, 2.75) is 178 Å². The molecular weight excluding hydrogens is 1090 g/mol. The molecule has 484 valence electrons. The van der Waals surface area contributed by atoms with Crippen LogP contribution in [0.2, 0.25) is 0 Å². The smallest absolute Gasteiger partial charge is 0.417 e. The van der Waals surface area contributed by atoms with Crippen molar-refractivity contribution in [1.29, 1.82) is 0 Å². The van der Waals surface area contributed by atoms with Crippen LogP contribution in [0.4, 0.5) is 30.6 Å². The number of primary amides is 1. The lowest BCUT2D eigenvalue weighted by atomic mass is 9.89. The molecule has 0 aromatic heterocycles. The molecule has 0 aliphatic heterocycles. The second-order valence-electron chi connectivity index (χ2n) is 24.4. The van der Waals surface area contributed by atoms with Gasteiger partial charge in [0, 0.05) is 101 Å². The fourth-order valence-electron chi connectivity index (χ4n) is 7.48. The highest BCUT2D eigenvalue weighted by atomic mass is 16.7. The van der Waals surface area contributed by atoms with Crippen LogP contribution in [0.5, 0.6) is 0 Å². The number of carbonyl (C=O) groups is 8. The number of carbonyl (C=O) groups excluding carboxylic acids is 8. The summed E-state index contributed by atoms with van der Waals surface area (Å²) in [5.74, 6) is -2.63. The van der Waals surface area contributed by atoms with Crippen LogP contribution >= 0.6 is 0 Å². The van der Waals surface area contributed by atoms with Crippen molar-refractivity contribution in [2.24, 2.45) is 40.9 Å². The van der Waals surface area contributed by atoms with Crippen LogP contribution in [0.15, 0.2) is 48.5 Å². The molecule has 0 heterocycles. The summed E-state index contributed by atoms with van der Waals surface area (Å²) in [6, 6.07) is 11.7. The SMILES string of the molecule is C.CC(C)C(OC(=O)[C@@H](N)C(C)C)OC(=O)N(C)c1ccc(COC(=O)N(C)CCN(C)C(C)(C)C)cc1.CC(C)[C@H](NC(=O)CCCCCN)C(=O)C[C@@H](CCCNC(N)=O)C(=O)Nc1ccc(COC(=O)N(C)CCN(C)C(C)(C)C)cc1. The Morgan fingerprint density at radius 1 is 0.612 bits per heavy atom. The maximum atomic E-state index is 13.4. The molecule has 0 radical (unpaired) electrons. The maximum absolute atomic E-state index is 13.4. The highest BCUT2D eigenvalue weighted by Crippen LogP contribution is 2.22. The summed E-state index contributed by atoms with van der Waals surface area (Å²) in [7, 11) is 8.99. The predicted octanol–water partition coefficient (Wildman–Crippen LogP) is 8.31. The van der Waals surface area contributed by atoms with E-state index in [1.165, 1.54) is 9.80 Å². The van der Waals surface area contributed by atoms with Crippen LogP contribution in [0.25, 0.3) is 0 Å². The van der Waals surface area contributed by atoms with Crippen molar-refractivity contribution in [3.05, 3.63) is 59.7 Å². The number of benzene rings is 2. The van der Waals surface area contributed by atoms with E-state index in [0.29, 0.717) is 63.2 Å². The van der Waals surface area contributed by atoms with Gasteiger partial charge in [-0.3, -0.25) is 33.9 Å². The third-order valence-corrected chi connectivity index (χ3v) is 14.3. The predicted molar refractivity (Wildman–Crippen MR) is 335 cm³/mol. The van der Waals surface area contributed by atoms with E-state index in [2.05, 4.69) is 67.3 Å². The number of rotatable bonds is 32. The molecule has 9 N–H and O–H groups in total. The highest BCUT2D eigenvalue weighted by Gasteiger charge is 2.31. The van der Waals surface area contributed by atoms with Crippen molar-refractivity contribution >= 4 is 59.3 Å². The van der Waals surface area contributed by atoms with E-state index in [9.17, 15) is 38.4 Å². The number of hydrogen-bond donors (Lipinski definition) is 6. The summed E-state index contributed by atoms with van der Waals surface area (Å²) < 4.78 is 21.6. The maximum Gasteiger partial charge on any atom is 0.417 e. The molecule has 0 aliphatic rings. The van der Waals surface area contributed by atoms with Crippen LogP contribution in [0.3, 0.4) is 0 Å². The van der Waals surface area contributed by atoms with E-state index >= 15 is 0 Å². The first-order chi connectivity index (χ1) is 39.1. The first-order valence-corrected chi connectivity index (χ1v) is 29.2. The second kappa shape index (κ2) is 39.2. The first kappa shape index (κ1) is 78.4. The van der Waals surface area contributed by atoms with Gasteiger partial charge in [-0.2, -0.15) is 0 Å². The topological polar surface area (TPSA) is 304 Å². The zero-order valence-electron chi connectivity index (χ0n) is 53.6. The van der Waals surface area contributed by atoms with Gasteiger partial charge >= 0.3 is 30.3 Å². The van der Waals surface area contributed by atoms with E-state index in [0.717, 1.165) is 30.5 Å². The van der Waals surface area contributed by atoms with Crippen LogP contribution in [0, 0.1) is 23.7 Å². The molecule has 23 heteroatoms. The molecule has 0 spiro atoms. The Bertz CT molecular complexity index is 2340. The molecule has 1 unspecified atom stereocenters. The first-order valence-electron chi connectivity index (χ1n) is 29.2. The average molecular weight is 1200 g/mol. The van der Waals surface area contributed by atoms with Crippen LogP contribution in [0.1, 0.15) is 147 Å². The van der Waals surface area contributed by atoms with Crippen molar-refractivity contribution < 1.29 is 57.3 Å². The molecule has 0 saturated carbocycles. The molecule has 0 fully saturated rings. The zero-order chi connectivity index (χ0) is 64.1. The average Bonchev–Trinajstić information content (AvgIpc) is 3.57. The summed E-state index contributed by atoms with van der Waals surface area (Å²) in [5.41, 5.74) is 19.2. The fourth-order valence-corrected chi connectivity index (χ4v) is 7.48. The Morgan fingerprint density at radius 2 is 1.11 bits per heavy atom. The quantitative estimate of drug-likeness (QED) is 0.0174. The number of esters is 1. The Morgan fingerprint density at radius 3 is 1.54 bits per heavy atom. The molecule has 2 aromatic carbocycles. The third kappa shape index (κ3) is 31.4. The summed E-state index contributed by atoms with van der Waals surface area (Å²) in [4.78, 5) is 109. The number of likely N-dealkylation sites (N-methyl/N-ethyl adjacent to an activating group) is 4. The van der Waals surface area contributed by atoms with Gasteiger partial charge in [-0.25, -0.2) is 19.2 Å². The van der Waals surface area contributed by atoms with Crippen molar-refractivity contribution in [3.8, 4) is 0 Å². The molecule has 85 heavy (non-hydrogen) atoms.